The van der Waals surface area contributed by atoms with Gasteiger partial charge in [-0.15, -0.1) is 11.3 Å². The zero-order valence-electron chi connectivity index (χ0n) is 12.6. The zero-order chi connectivity index (χ0) is 17.4. The van der Waals surface area contributed by atoms with Crippen molar-refractivity contribution in [2.24, 2.45) is 0 Å². The van der Waals surface area contributed by atoms with Gasteiger partial charge in [-0.1, -0.05) is 12.1 Å². The monoisotopic (exact) mass is 389 g/mol. The Hall–Kier alpha value is -1.62. The normalized spacial score (nSPS) is 15.4. The van der Waals surface area contributed by atoms with Crippen LogP contribution in [0.5, 0.6) is 11.5 Å². The van der Waals surface area contributed by atoms with Gasteiger partial charge in [0.25, 0.3) is 0 Å². The highest BCUT2D eigenvalue weighted by Crippen LogP contribution is 2.38. The van der Waals surface area contributed by atoms with Gasteiger partial charge in [-0.05, 0) is 29.1 Å². The van der Waals surface area contributed by atoms with Gasteiger partial charge in [0.15, 0.2) is 21.3 Å². The number of sulfone groups is 1. The van der Waals surface area contributed by atoms with Gasteiger partial charge in [0.2, 0.25) is 16.8 Å². The van der Waals surface area contributed by atoms with Gasteiger partial charge in [-0.3, -0.25) is 0 Å². The molecule has 1 aromatic heterocycles. The highest BCUT2D eigenvalue weighted by molar-refractivity contribution is 7.93. The Labute approximate surface area is 144 Å². The minimum Gasteiger partial charge on any atom is -0.454 e. The van der Waals surface area contributed by atoms with E-state index in [0.29, 0.717) is 17.1 Å². The maximum Gasteiger partial charge on any atom is 0.231 e. The Kier molecular flexibility index (Phi) is 4.56. The number of ether oxygens (including phenoxy) is 2. The van der Waals surface area contributed by atoms with Gasteiger partial charge in [0, 0.05) is 6.54 Å². The summed E-state index contributed by atoms with van der Waals surface area (Å²) in [5.74, 6) is 0.973. The Morgan fingerprint density at radius 3 is 2.58 bits per heavy atom. The third-order valence-corrected chi connectivity index (χ3v) is 7.67. The number of rotatable bonds is 6. The molecule has 24 heavy (non-hydrogen) atoms. The molecule has 0 saturated carbocycles. The van der Waals surface area contributed by atoms with Crippen molar-refractivity contribution in [3.05, 3.63) is 41.3 Å². The Morgan fingerprint density at radius 1 is 1.17 bits per heavy atom. The number of fused-ring (bicyclic) bond motifs is 1. The molecule has 0 amide bonds. The predicted octanol–water partition coefficient (Wildman–Crippen LogP) is 1.54. The molecule has 0 fully saturated rings. The minimum absolute atomic E-state index is 0.0721. The molecule has 0 aliphatic carbocycles. The first-order valence-corrected chi connectivity index (χ1v) is 11.2. The van der Waals surface area contributed by atoms with E-state index in [0.717, 1.165) is 17.6 Å². The number of sulfonamides is 1. The lowest BCUT2D eigenvalue weighted by Gasteiger charge is -2.18. The van der Waals surface area contributed by atoms with Crippen LogP contribution >= 0.6 is 11.3 Å². The fourth-order valence-corrected chi connectivity index (χ4v) is 5.74. The van der Waals surface area contributed by atoms with E-state index in [1.807, 2.05) is 0 Å². The first-order chi connectivity index (χ1) is 11.3. The average molecular weight is 389 g/mol. The molecule has 1 N–H and O–H groups in total. The summed E-state index contributed by atoms with van der Waals surface area (Å²) in [4.78, 5) is 0. The predicted molar refractivity (Wildman–Crippen MR) is 89.7 cm³/mol. The molecule has 0 spiro atoms. The molecule has 130 valence electrons. The summed E-state index contributed by atoms with van der Waals surface area (Å²) < 4.78 is 61.6. The van der Waals surface area contributed by atoms with E-state index in [2.05, 4.69) is 4.72 Å². The number of benzene rings is 1. The summed E-state index contributed by atoms with van der Waals surface area (Å²) in [6.45, 7) is -0.193. The molecule has 0 bridgehead atoms. The molecule has 2 heterocycles. The Morgan fingerprint density at radius 2 is 1.92 bits per heavy atom. The molecule has 0 unspecified atom stereocenters. The molecular weight excluding hydrogens is 374 g/mol. The van der Waals surface area contributed by atoms with E-state index in [9.17, 15) is 16.8 Å². The molecule has 0 saturated heterocycles. The second kappa shape index (κ2) is 6.36. The second-order valence-electron chi connectivity index (χ2n) is 5.20. The fraction of sp³-hybridized carbons (Fsp3) is 0.286. The molecule has 3 rings (SSSR count). The van der Waals surface area contributed by atoms with Crippen molar-refractivity contribution in [1.29, 1.82) is 0 Å². The van der Waals surface area contributed by atoms with Crippen molar-refractivity contribution < 1.29 is 26.3 Å². The van der Waals surface area contributed by atoms with Crippen LogP contribution in [-0.2, 0) is 19.9 Å². The largest absolute Gasteiger partial charge is 0.454 e. The SMILES string of the molecule is CS(=O)(=O)NC[C@@H](c1ccc2c(c1)OCO2)S(=O)(=O)c1cccs1. The molecule has 1 aliphatic rings. The molecule has 7 nitrogen and oxygen atoms in total. The summed E-state index contributed by atoms with van der Waals surface area (Å²) in [5.41, 5.74) is 0.434. The number of hydrogen-bond acceptors (Lipinski definition) is 7. The lowest BCUT2D eigenvalue weighted by Crippen LogP contribution is -2.31. The van der Waals surface area contributed by atoms with Crippen molar-refractivity contribution in [3.63, 3.8) is 0 Å². The second-order valence-corrected chi connectivity index (χ2v) is 10.3. The number of hydrogen-bond donors (Lipinski definition) is 1. The van der Waals surface area contributed by atoms with Crippen LogP contribution in [0.15, 0.2) is 39.9 Å². The maximum atomic E-state index is 12.9. The molecular formula is C14H15NO6S3. The molecule has 0 radical (unpaired) electrons. The first-order valence-electron chi connectivity index (χ1n) is 6.89. The summed E-state index contributed by atoms with van der Waals surface area (Å²) in [7, 11) is -7.29. The number of thiophene rings is 1. The van der Waals surface area contributed by atoms with Crippen molar-refractivity contribution >= 4 is 31.2 Å². The molecule has 2 aromatic rings. The summed E-state index contributed by atoms with van der Waals surface area (Å²) in [6, 6.07) is 7.93. The van der Waals surface area contributed by atoms with Crippen LogP contribution in [0.2, 0.25) is 0 Å². The van der Waals surface area contributed by atoms with E-state index >= 15 is 0 Å². The Balaban J connectivity index is 2.02. The lowest BCUT2D eigenvalue weighted by atomic mass is 10.1. The zero-order valence-corrected chi connectivity index (χ0v) is 15.1. The van der Waals surface area contributed by atoms with Crippen molar-refractivity contribution in [2.75, 3.05) is 19.6 Å². The minimum atomic E-state index is -3.76. The van der Waals surface area contributed by atoms with Crippen LogP contribution in [0.4, 0.5) is 0 Å². The third-order valence-electron chi connectivity index (χ3n) is 3.45. The maximum absolute atomic E-state index is 12.9. The van der Waals surface area contributed by atoms with Crippen LogP contribution in [-0.4, -0.2) is 36.4 Å². The molecule has 1 atom stereocenters. The van der Waals surface area contributed by atoms with E-state index in [-0.39, 0.29) is 17.5 Å². The van der Waals surface area contributed by atoms with Crippen LogP contribution in [0, 0.1) is 0 Å². The molecule has 1 aliphatic heterocycles. The van der Waals surface area contributed by atoms with E-state index in [1.54, 1.807) is 29.6 Å². The van der Waals surface area contributed by atoms with E-state index in [1.165, 1.54) is 6.07 Å². The fourth-order valence-electron chi connectivity index (χ4n) is 2.31. The highest BCUT2D eigenvalue weighted by atomic mass is 32.2. The van der Waals surface area contributed by atoms with Gasteiger partial charge in [-0.25, -0.2) is 21.6 Å². The van der Waals surface area contributed by atoms with Crippen LogP contribution in [0.1, 0.15) is 10.8 Å². The van der Waals surface area contributed by atoms with Crippen molar-refractivity contribution in [2.45, 2.75) is 9.46 Å². The first kappa shape index (κ1) is 17.2. The topological polar surface area (TPSA) is 98.8 Å². The van der Waals surface area contributed by atoms with Gasteiger partial charge < -0.3 is 9.47 Å². The quantitative estimate of drug-likeness (QED) is 0.805. The molecule has 1 aromatic carbocycles. The van der Waals surface area contributed by atoms with Crippen LogP contribution < -0.4 is 14.2 Å². The standard InChI is InChI=1S/C14H15NO6S3/c1-23(16,17)15-8-13(24(18,19)14-3-2-6-22-14)10-4-5-11-12(7-10)21-9-20-11/h2-7,13,15H,8-9H2,1H3/t13-/m0/s1. The van der Waals surface area contributed by atoms with Gasteiger partial charge in [0.1, 0.15) is 9.46 Å². The van der Waals surface area contributed by atoms with Gasteiger partial charge in [-0.2, -0.15) is 0 Å². The number of nitrogens with one attached hydrogen (secondary N) is 1. The smallest absolute Gasteiger partial charge is 0.231 e. The van der Waals surface area contributed by atoms with E-state index < -0.39 is 25.1 Å². The van der Waals surface area contributed by atoms with Gasteiger partial charge >= 0.3 is 0 Å². The highest BCUT2D eigenvalue weighted by Gasteiger charge is 2.32. The Bertz CT molecular complexity index is 935. The van der Waals surface area contributed by atoms with E-state index in [4.69, 9.17) is 9.47 Å². The summed E-state index contributed by atoms with van der Waals surface area (Å²) in [6.07, 6.45) is 0.988. The summed E-state index contributed by atoms with van der Waals surface area (Å²) in [5, 5.41) is 0.591. The average Bonchev–Trinajstić information content (AvgIpc) is 3.17. The summed E-state index contributed by atoms with van der Waals surface area (Å²) >= 11 is 1.09. The van der Waals surface area contributed by atoms with Crippen LogP contribution in [0.3, 0.4) is 0 Å². The lowest BCUT2D eigenvalue weighted by molar-refractivity contribution is 0.174. The van der Waals surface area contributed by atoms with Crippen molar-refractivity contribution in [3.8, 4) is 11.5 Å². The van der Waals surface area contributed by atoms with Crippen molar-refractivity contribution in [1.82, 2.24) is 4.72 Å². The molecule has 10 heteroatoms. The van der Waals surface area contributed by atoms with Gasteiger partial charge in [0.05, 0.1) is 6.26 Å². The third kappa shape index (κ3) is 3.56. The van der Waals surface area contributed by atoms with Crippen LogP contribution in [0.25, 0.3) is 0 Å².